The van der Waals surface area contributed by atoms with E-state index in [2.05, 4.69) is 0 Å². The van der Waals surface area contributed by atoms with E-state index in [1.54, 1.807) is 13.8 Å². The van der Waals surface area contributed by atoms with Gasteiger partial charge in [0.15, 0.2) is 0 Å². The van der Waals surface area contributed by atoms with Gasteiger partial charge in [-0.2, -0.15) is 0 Å². The summed E-state index contributed by atoms with van der Waals surface area (Å²) in [5, 5.41) is 0. The lowest BCUT2D eigenvalue weighted by atomic mass is 9.86. The molecule has 0 heterocycles. The van der Waals surface area contributed by atoms with Crippen LogP contribution in [0.15, 0.2) is 11.1 Å². The van der Waals surface area contributed by atoms with Crippen molar-refractivity contribution >= 4 is 11.9 Å². The molecule has 0 aromatic heterocycles. The van der Waals surface area contributed by atoms with Gasteiger partial charge in [-0.05, 0) is 38.5 Å². The maximum absolute atomic E-state index is 12.2. The zero-order chi connectivity index (χ0) is 15.7. The lowest BCUT2D eigenvalue weighted by molar-refractivity contribution is -0.142. The van der Waals surface area contributed by atoms with Gasteiger partial charge in [-0.25, -0.2) is 9.59 Å². The van der Waals surface area contributed by atoms with E-state index in [1.807, 2.05) is 27.7 Å². The molecule has 0 fully saturated rings. The highest BCUT2D eigenvalue weighted by molar-refractivity contribution is 6.01. The summed E-state index contributed by atoms with van der Waals surface area (Å²) >= 11 is 0. The summed E-state index contributed by atoms with van der Waals surface area (Å²) in [6, 6.07) is 0. The van der Waals surface area contributed by atoms with Crippen LogP contribution in [-0.4, -0.2) is 25.2 Å². The summed E-state index contributed by atoms with van der Waals surface area (Å²) in [6.45, 7) is 12.0. The fourth-order valence-corrected chi connectivity index (χ4v) is 1.98. The first-order valence-electron chi connectivity index (χ1n) is 7.52. The predicted octanol–water partition coefficient (Wildman–Crippen LogP) is 3.50. The van der Waals surface area contributed by atoms with Crippen molar-refractivity contribution in [2.75, 3.05) is 13.2 Å². The molecule has 0 bridgehead atoms. The van der Waals surface area contributed by atoms with E-state index in [-0.39, 0.29) is 11.8 Å². The van der Waals surface area contributed by atoms with Crippen LogP contribution in [0, 0.1) is 11.8 Å². The van der Waals surface area contributed by atoms with Crippen LogP contribution in [0.1, 0.15) is 54.4 Å². The molecule has 0 aliphatic heterocycles. The molecule has 0 aromatic carbocycles. The predicted molar refractivity (Wildman–Crippen MR) is 79.2 cm³/mol. The second-order valence-electron chi connectivity index (χ2n) is 4.89. The molecule has 2 atom stereocenters. The van der Waals surface area contributed by atoms with Crippen molar-refractivity contribution in [3.63, 3.8) is 0 Å². The Kier molecular flexibility index (Phi) is 8.93. The van der Waals surface area contributed by atoms with Crippen molar-refractivity contribution in [3.8, 4) is 0 Å². The van der Waals surface area contributed by atoms with E-state index in [0.29, 0.717) is 24.4 Å². The van der Waals surface area contributed by atoms with Gasteiger partial charge in [-0.15, -0.1) is 0 Å². The monoisotopic (exact) mass is 284 g/mol. The van der Waals surface area contributed by atoms with Gasteiger partial charge in [-0.3, -0.25) is 0 Å². The number of rotatable bonds is 8. The molecule has 0 radical (unpaired) electrons. The Morgan fingerprint density at radius 2 is 1.05 bits per heavy atom. The van der Waals surface area contributed by atoms with Gasteiger partial charge >= 0.3 is 11.9 Å². The smallest absolute Gasteiger partial charge is 0.334 e. The van der Waals surface area contributed by atoms with Crippen LogP contribution in [0.2, 0.25) is 0 Å². The molecule has 0 rings (SSSR count). The third-order valence-corrected chi connectivity index (χ3v) is 3.49. The average molecular weight is 284 g/mol. The quantitative estimate of drug-likeness (QED) is 0.505. The number of carbonyl (C=O) groups excluding carboxylic acids is 2. The second kappa shape index (κ2) is 9.56. The maximum atomic E-state index is 12.2. The van der Waals surface area contributed by atoms with Gasteiger partial charge in [0.05, 0.1) is 24.4 Å². The molecule has 0 aliphatic rings. The summed E-state index contributed by atoms with van der Waals surface area (Å²) in [5.41, 5.74) is 0.948. The molecule has 0 aliphatic carbocycles. The molecular weight excluding hydrogens is 256 g/mol. The number of carbonyl (C=O) groups is 2. The largest absolute Gasteiger partial charge is 0.463 e. The van der Waals surface area contributed by atoms with E-state index >= 15 is 0 Å². The minimum Gasteiger partial charge on any atom is -0.463 e. The standard InChI is InChI=1S/C16H28O4/c1-7-11(5)13(15(17)19-9-3)14(12(6)8-2)16(18)20-10-4/h11-12H,7-10H2,1-6H3. The molecule has 2 unspecified atom stereocenters. The van der Waals surface area contributed by atoms with E-state index in [0.717, 1.165) is 12.8 Å². The van der Waals surface area contributed by atoms with Gasteiger partial charge in [-0.1, -0.05) is 27.7 Å². The lowest BCUT2D eigenvalue weighted by Crippen LogP contribution is -2.24. The lowest BCUT2D eigenvalue weighted by Gasteiger charge is -2.21. The Morgan fingerprint density at radius 1 is 0.750 bits per heavy atom. The Hall–Kier alpha value is -1.32. The number of esters is 2. The van der Waals surface area contributed by atoms with Crippen LogP contribution in [0.5, 0.6) is 0 Å². The highest BCUT2D eigenvalue weighted by atomic mass is 16.5. The molecule has 0 saturated carbocycles. The summed E-state index contributed by atoms with van der Waals surface area (Å²) in [7, 11) is 0. The minimum atomic E-state index is -0.398. The maximum Gasteiger partial charge on any atom is 0.334 e. The summed E-state index contributed by atoms with van der Waals surface area (Å²) in [6.07, 6.45) is 1.54. The molecule has 0 saturated heterocycles. The summed E-state index contributed by atoms with van der Waals surface area (Å²) in [4.78, 5) is 24.5. The van der Waals surface area contributed by atoms with Gasteiger partial charge in [0.25, 0.3) is 0 Å². The normalized spacial score (nSPS) is 15.1. The van der Waals surface area contributed by atoms with Crippen LogP contribution in [0.3, 0.4) is 0 Å². The van der Waals surface area contributed by atoms with Crippen LogP contribution >= 0.6 is 0 Å². The Balaban J connectivity index is 5.83. The van der Waals surface area contributed by atoms with Crippen molar-refractivity contribution in [2.24, 2.45) is 11.8 Å². The molecule has 4 nitrogen and oxygen atoms in total. The van der Waals surface area contributed by atoms with Gasteiger partial charge in [0.1, 0.15) is 0 Å². The van der Waals surface area contributed by atoms with E-state index < -0.39 is 11.9 Å². The Labute approximate surface area is 122 Å². The van der Waals surface area contributed by atoms with Crippen molar-refractivity contribution in [1.29, 1.82) is 0 Å². The molecule has 0 spiro atoms. The molecule has 0 amide bonds. The first-order chi connectivity index (χ1) is 9.44. The Morgan fingerprint density at radius 3 is 1.25 bits per heavy atom. The van der Waals surface area contributed by atoms with E-state index in [4.69, 9.17) is 9.47 Å². The fraction of sp³-hybridized carbons (Fsp3) is 0.750. The third-order valence-electron chi connectivity index (χ3n) is 3.49. The minimum absolute atomic E-state index is 0.0255. The highest BCUT2D eigenvalue weighted by Gasteiger charge is 2.29. The first kappa shape index (κ1) is 18.7. The van der Waals surface area contributed by atoms with Crippen molar-refractivity contribution in [1.82, 2.24) is 0 Å². The van der Waals surface area contributed by atoms with E-state index in [1.165, 1.54) is 0 Å². The fourth-order valence-electron chi connectivity index (χ4n) is 1.98. The van der Waals surface area contributed by atoms with Crippen molar-refractivity contribution < 1.29 is 19.1 Å². The van der Waals surface area contributed by atoms with Crippen LogP contribution in [0.25, 0.3) is 0 Å². The average Bonchev–Trinajstić information content (AvgIpc) is 2.43. The van der Waals surface area contributed by atoms with Gasteiger partial charge in [0, 0.05) is 0 Å². The molecule has 116 valence electrons. The topological polar surface area (TPSA) is 52.6 Å². The van der Waals surface area contributed by atoms with Crippen LogP contribution in [0.4, 0.5) is 0 Å². The zero-order valence-electron chi connectivity index (χ0n) is 13.6. The molecule has 0 aromatic rings. The SMILES string of the molecule is CCOC(=O)C(=C(C(=O)OCC)C(C)CC)C(C)CC. The van der Waals surface area contributed by atoms with Crippen molar-refractivity contribution in [3.05, 3.63) is 11.1 Å². The summed E-state index contributed by atoms with van der Waals surface area (Å²) in [5.74, 6) is -0.847. The Bertz CT molecular complexity index is 323. The van der Waals surface area contributed by atoms with E-state index in [9.17, 15) is 9.59 Å². The number of ether oxygens (including phenoxy) is 2. The molecule has 20 heavy (non-hydrogen) atoms. The van der Waals surface area contributed by atoms with Crippen LogP contribution in [-0.2, 0) is 19.1 Å². The number of hydrogen-bond donors (Lipinski definition) is 0. The summed E-state index contributed by atoms with van der Waals surface area (Å²) < 4.78 is 10.3. The second-order valence-corrected chi connectivity index (χ2v) is 4.89. The highest BCUT2D eigenvalue weighted by Crippen LogP contribution is 2.27. The molecule has 4 heteroatoms. The zero-order valence-corrected chi connectivity index (χ0v) is 13.6. The molecule has 0 N–H and O–H groups in total. The first-order valence-corrected chi connectivity index (χ1v) is 7.52. The van der Waals surface area contributed by atoms with Gasteiger partial charge in [0.2, 0.25) is 0 Å². The van der Waals surface area contributed by atoms with Crippen molar-refractivity contribution in [2.45, 2.75) is 54.4 Å². The number of hydrogen-bond acceptors (Lipinski definition) is 4. The molecular formula is C16H28O4. The van der Waals surface area contributed by atoms with Gasteiger partial charge < -0.3 is 9.47 Å². The van der Waals surface area contributed by atoms with Crippen LogP contribution < -0.4 is 0 Å². The third kappa shape index (κ3) is 4.99.